The first-order valence-electron chi connectivity index (χ1n) is 10.8. The van der Waals surface area contributed by atoms with Gasteiger partial charge in [0.2, 0.25) is 5.91 Å². The second kappa shape index (κ2) is 8.51. The van der Waals surface area contributed by atoms with E-state index in [0.717, 1.165) is 15.5 Å². The lowest BCUT2D eigenvalue weighted by Crippen LogP contribution is -2.52. The number of nitrogens with one attached hydrogen (secondary N) is 2. The fourth-order valence-corrected chi connectivity index (χ4v) is 4.78. The topological polar surface area (TPSA) is 162 Å². The lowest BCUT2D eigenvalue weighted by atomic mass is 9.78. The zero-order valence-corrected chi connectivity index (χ0v) is 18.0. The summed E-state index contributed by atoms with van der Waals surface area (Å²) in [6.45, 7) is 2.20. The molecule has 5 heterocycles. The summed E-state index contributed by atoms with van der Waals surface area (Å²) in [5.74, 6) is -2.62. The third kappa shape index (κ3) is 3.74. The highest BCUT2D eigenvalue weighted by atomic mass is 16.6. The van der Waals surface area contributed by atoms with Gasteiger partial charge in [-0.2, -0.15) is 4.68 Å². The predicted molar refractivity (Wildman–Crippen MR) is 109 cm³/mol. The molecule has 3 aliphatic heterocycles. The molecule has 3 saturated heterocycles. The lowest BCUT2D eigenvalue weighted by molar-refractivity contribution is -0.156. The lowest BCUT2D eigenvalue weighted by Gasteiger charge is -2.33. The van der Waals surface area contributed by atoms with Crippen LogP contribution in [0.3, 0.4) is 0 Å². The number of imidazole rings is 1. The van der Waals surface area contributed by atoms with Crippen molar-refractivity contribution in [1.29, 1.82) is 0 Å². The summed E-state index contributed by atoms with van der Waals surface area (Å²) < 4.78 is 13.3. The fraction of sp³-hybridized carbons (Fsp3) is 0.632. The summed E-state index contributed by atoms with van der Waals surface area (Å²) in [6.07, 6.45) is 1.95. The summed E-state index contributed by atoms with van der Waals surface area (Å²) in [5, 5.41) is 13.1. The van der Waals surface area contributed by atoms with Crippen molar-refractivity contribution in [3.8, 4) is 0 Å². The molecule has 5 rings (SSSR count). The van der Waals surface area contributed by atoms with E-state index in [-0.39, 0.29) is 29.5 Å². The largest absolute Gasteiger partial charge is 0.444 e. The first-order valence-corrected chi connectivity index (χ1v) is 10.8. The Balaban J connectivity index is 1.22. The molecule has 0 radical (unpaired) electrons. The summed E-state index contributed by atoms with van der Waals surface area (Å²) in [6, 6.07) is 0. The number of fused-ring (bicyclic) bond motifs is 3. The molecule has 0 aliphatic carbocycles. The van der Waals surface area contributed by atoms with E-state index >= 15 is 0 Å². The summed E-state index contributed by atoms with van der Waals surface area (Å²) in [5.41, 5.74) is -0.633. The number of aryl methyl sites for hydroxylation is 1. The van der Waals surface area contributed by atoms with Gasteiger partial charge in [0, 0.05) is 33.2 Å². The number of nitrogens with zero attached hydrogens (tertiary/aromatic N) is 6. The molecule has 4 atom stereocenters. The van der Waals surface area contributed by atoms with Crippen LogP contribution in [0.5, 0.6) is 0 Å². The van der Waals surface area contributed by atoms with Crippen LogP contribution >= 0.6 is 0 Å². The van der Waals surface area contributed by atoms with Crippen molar-refractivity contribution in [3.05, 3.63) is 22.5 Å². The van der Waals surface area contributed by atoms with Crippen LogP contribution in [0.4, 0.5) is 0 Å². The van der Waals surface area contributed by atoms with Gasteiger partial charge in [-0.1, -0.05) is 5.21 Å². The predicted octanol–water partition coefficient (Wildman–Crippen LogP) is -2.72. The van der Waals surface area contributed by atoms with Crippen molar-refractivity contribution in [3.63, 3.8) is 0 Å². The quantitative estimate of drug-likeness (QED) is 0.354. The molecular weight excluding hydrogens is 436 g/mol. The third-order valence-electron chi connectivity index (χ3n) is 6.42. The number of carbonyl (C=O) groups excluding carboxylic acids is 3. The smallest absolute Gasteiger partial charge is 0.352 e. The number of ether oxygens (including phenoxy) is 2. The van der Waals surface area contributed by atoms with Crippen molar-refractivity contribution < 1.29 is 23.9 Å². The minimum atomic E-state index is -0.703. The molecule has 0 aromatic carbocycles. The molecule has 0 spiro atoms. The molecule has 4 unspecified atom stereocenters. The van der Waals surface area contributed by atoms with Crippen LogP contribution in [-0.2, 0) is 26.1 Å². The summed E-state index contributed by atoms with van der Waals surface area (Å²) in [7, 11) is 1.42. The zero-order chi connectivity index (χ0) is 23.1. The minimum Gasteiger partial charge on any atom is -0.444 e. The molecule has 2 N–H and O–H groups in total. The first kappa shape index (κ1) is 21.5. The van der Waals surface area contributed by atoms with Gasteiger partial charge in [-0.25, -0.2) is 14.2 Å². The molecule has 14 nitrogen and oxygen atoms in total. The highest BCUT2D eigenvalue weighted by molar-refractivity contribution is 5.97. The van der Waals surface area contributed by atoms with Crippen LogP contribution in [-0.4, -0.2) is 92.2 Å². The number of hydrogen-bond acceptors (Lipinski definition) is 10. The van der Waals surface area contributed by atoms with Crippen LogP contribution in [0.15, 0.2) is 11.1 Å². The molecular formula is C19H24N8O6. The number of esters is 1. The van der Waals surface area contributed by atoms with Gasteiger partial charge < -0.3 is 25.0 Å². The van der Waals surface area contributed by atoms with Crippen LogP contribution < -0.4 is 16.3 Å². The van der Waals surface area contributed by atoms with Crippen molar-refractivity contribution >= 4 is 23.4 Å². The SMILES string of the molecule is Cn1nnc2c(C(=O)NCOC(=O)C3C4CCC(O4)C3C(=O)N3CCNCC3)ncn2c1=O. The molecule has 33 heavy (non-hydrogen) atoms. The average Bonchev–Trinajstić information content (AvgIpc) is 3.56. The number of aromatic nitrogens is 5. The first-order chi connectivity index (χ1) is 16.0. The normalized spacial score (nSPS) is 26.5. The van der Waals surface area contributed by atoms with Crippen LogP contribution in [0, 0.1) is 11.8 Å². The molecule has 3 fully saturated rings. The summed E-state index contributed by atoms with van der Waals surface area (Å²) >= 11 is 0. The van der Waals surface area contributed by atoms with Crippen LogP contribution in [0.25, 0.3) is 5.65 Å². The van der Waals surface area contributed by atoms with Gasteiger partial charge in [-0.15, -0.1) is 5.10 Å². The fourth-order valence-electron chi connectivity index (χ4n) is 4.78. The highest BCUT2D eigenvalue weighted by Crippen LogP contribution is 2.44. The van der Waals surface area contributed by atoms with Gasteiger partial charge in [0.25, 0.3) is 5.91 Å². The molecule has 0 saturated carbocycles. The Morgan fingerprint density at radius 1 is 1.21 bits per heavy atom. The Morgan fingerprint density at radius 2 is 1.94 bits per heavy atom. The van der Waals surface area contributed by atoms with Gasteiger partial charge in [0.1, 0.15) is 6.33 Å². The third-order valence-corrected chi connectivity index (χ3v) is 6.42. The molecule has 2 amide bonds. The summed E-state index contributed by atoms with van der Waals surface area (Å²) in [4.78, 5) is 56.1. The number of hydrogen-bond donors (Lipinski definition) is 2. The van der Waals surface area contributed by atoms with E-state index in [4.69, 9.17) is 9.47 Å². The number of amides is 2. The van der Waals surface area contributed by atoms with Gasteiger partial charge in [-0.3, -0.25) is 14.4 Å². The maximum absolute atomic E-state index is 13.1. The Bertz CT molecular complexity index is 1150. The van der Waals surface area contributed by atoms with Crippen LogP contribution in [0.2, 0.25) is 0 Å². The number of carbonyl (C=O) groups is 3. The Morgan fingerprint density at radius 3 is 2.70 bits per heavy atom. The number of rotatable bonds is 5. The van der Waals surface area contributed by atoms with Gasteiger partial charge in [0.05, 0.1) is 24.0 Å². The van der Waals surface area contributed by atoms with E-state index in [0.29, 0.717) is 32.6 Å². The monoisotopic (exact) mass is 460 g/mol. The van der Waals surface area contributed by atoms with Gasteiger partial charge in [0.15, 0.2) is 18.1 Å². The molecule has 2 aromatic heterocycles. The molecule has 2 bridgehead atoms. The second-order valence-electron chi connectivity index (χ2n) is 8.31. The average molecular weight is 460 g/mol. The Labute approximate surface area is 187 Å². The van der Waals surface area contributed by atoms with E-state index in [9.17, 15) is 19.2 Å². The van der Waals surface area contributed by atoms with Crippen LogP contribution in [0.1, 0.15) is 23.3 Å². The van der Waals surface area contributed by atoms with Crippen molar-refractivity contribution in [2.45, 2.75) is 25.0 Å². The minimum absolute atomic E-state index is 0.00916. The maximum Gasteiger partial charge on any atom is 0.352 e. The Hall–Kier alpha value is -3.39. The van der Waals surface area contributed by atoms with Crippen molar-refractivity contribution in [1.82, 2.24) is 39.9 Å². The van der Waals surface area contributed by atoms with E-state index < -0.39 is 36.1 Å². The molecule has 3 aliphatic rings. The van der Waals surface area contributed by atoms with Gasteiger partial charge >= 0.3 is 11.7 Å². The number of piperazine rings is 1. The van der Waals surface area contributed by atoms with E-state index in [1.165, 1.54) is 13.4 Å². The van der Waals surface area contributed by atoms with E-state index in [2.05, 4.69) is 25.9 Å². The maximum atomic E-state index is 13.1. The molecule has 176 valence electrons. The van der Waals surface area contributed by atoms with E-state index in [1.807, 2.05) is 0 Å². The van der Waals surface area contributed by atoms with Gasteiger partial charge in [-0.05, 0) is 12.8 Å². The zero-order valence-electron chi connectivity index (χ0n) is 18.0. The molecule has 2 aromatic rings. The standard InChI is InChI=1S/C19H24N8O6/c1-25-19(31)27-8-21-14(15(27)23-24-25)16(28)22-9-32-18(30)13-11-3-2-10(33-11)12(13)17(29)26-6-4-20-5-7-26/h8,10-13,20H,2-7,9H2,1H3,(H,22,28). The second-order valence-corrected chi connectivity index (χ2v) is 8.31. The Kier molecular flexibility index (Phi) is 5.54. The van der Waals surface area contributed by atoms with E-state index in [1.54, 1.807) is 4.90 Å². The highest BCUT2D eigenvalue weighted by Gasteiger charge is 2.56. The van der Waals surface area contributed by atoms with Crippen molar-refractivity contribution in [2.75, 3.05) is 32.9 Å². The van der Waals surface area contributed by atoms with Crippen molar-refractivity contribution in [2.24, 2.45) is 18.9 Å². The molecule has 14 heteroatoms.